The molecule has 2 atom stereocenters. The van der Waals surface area contributed by atoms with Crippen LogP contribution < -0.4 is 10.5 Å². The summed E-state index contributed by atoms with van der Waals surface area (Å²) in [5.41, 5.74) is 4.78. The number of primary sulfonamides is 1. The Morgan fingerprint density at radius 1 is 1.30 bits per heavy atom. The minimum absolute atomic E-state index is 0.0596. The first-order chi connectivity index (χ1) is 12.6. The summed E-state index contributed by atoms with van der Waals surface area (Å²) in [7, 11) is -3.58. The molecule has 0 bridgehead atoms. The largest absolute Gasteiger partial charge is 0.378 e. The van der Waals surface area contributed by atoms with Crippen LogP contribution in [0, 0.1) is 11.3 Å². The van der Waals surface area contributed by atoms with Gasteiger partial charge in [-0.2, -0.15) is 5.26 Å². The van der Waals surface area contributed by atoms with Crippen LogP contribution in [0.4, 0.5) is 5.69 Å². The lowest BCUT2D eigenvalue weighted by atomic mass is 9.73. The number of hydrogen-bond donors (Lipinski definition) is 2. The highest BCUT2D eigenvalue weighted by Crippen LogP contribution is 2.45. The van der Waals surface area contributed by atoms with Crippen LogP contribution in [0.1, 0.15) is 55.5 Å². The van der Waals surface area contributed by atoms with E-state index in [1.807, 2.05) is 42.5 Å². The topological polar surface area (TPSA) is 96.0 Å². The van der Waals surface area contributed by atoms with Crippen molar-refractivity contribution in [3.63, 3.8) is 0 Å². The van der Waals surface area contributed by atoms with Crippen LogP contribution in [0.5, 0.6) is 0 Å². The van der Waals surface area contributed by atoms with Crippen LogP contribution in [-0.4, -0.2) is 13.7 Å². The molecule has 6 heteroatoms. The van der Waals surface area contributed by atoms with Crippen LogP contribution in [0.3, 0.4) is 0 Å². The molecule has 0 radical (unpaired) electrons. The van der Waals surface area contributed by atoms with Gasteiger partial charge in [-0.25, -0.2) is 13.6 Å². The number of nitrogens with one attached hydrogen (secondary N) is 1. The van der Waals surface area contributed by atoms with Gasteiger partial charge < -0.3 is 5.32 Å². The molecular weight excluding hydrogens is 358 g/mol. The first-order valence-electron chi connectivity index (χ1n) is 9.02. The van der Waals surface area contributed by atoms with E-state index in [9.17, 15) is 13.7 Å². The Hall–Kier alpha value is -2.36. The first kappa shape index (κ1) is 19.4. The van der Waals surface area contributed by atoms with Crippen molar-refractivity contribution in [2.75, 3.05) is 5.32 Å². The van der Waals surface area contributed by atoms with Crippen LogP contribution in [0.15, 0.2) is 42.5 Å². The summed E-state index contributed by atoms with van der Waals surface area (Å²) in [5, 5.41) is 17.5. The molecule has 0 spiro atoms. The Morgan fingerprint density at radius 2 is 2.00 bits per heavy atom. The molecule has 3 rings (SSSR count). The second-order valence-electron chi connectivity index (χ2n) is 7.96. The van der Waals surface area contributed by atoms with Crippen molar-refractivity contribution in [2.45, 2.75) is 50.3 Å². The minimum Gasteiger partial charge on any atom is -0.378 e. The average Bonchev–Trinajstić information content (AvgIpc) is 2.60. The third kappa shape index (κ3) is 4.00. The summed E-state index contributed by atoms with van der Waals surface area (Å²) in [4.78, 5) is 0. The second-order valence-corrected chi connectivity index (χ2v) is 9.94. The van der Waals surface area contributed by atoms with Crippen LogP contribution >= 0.6 is 0 Å². The van der Waals surface area contributed by atoms with Crippen molar-refractivity contribution in [1.29, 1.82) is 5.26 Å². The van der Waals surface area contributed by atoms with Gasteiger partial charge in [0.05, 0.1) is 22.9 Å². The number of rotatable bonds is 4. The summed E-state index contributed by atoms with van der Waals surface area (Å²) >= 11 is 0. The summed E-state index contributed by atoms with van der Waals surface area (Å²) in [6.45, 7) is 6.00. The molecule has 2 aromatic carbocycles. The highest BCUT2D eigenvalue weighted by atomic mass is 32.2. The zero-order valence-corrected chi connectivity index (χ0v) is 16.7. The Balaban J connectivity index is 1.98. The molecule has 27 heavy (non-hydrogen) atoms. The van der Waals surface area contributed by atoms with Gasteiger partial charge in [0.25, 0.3) is 0 Å². The standard InChI is InChI=1S/C21H25N3O2S/c1-14(27(23,25)26)10-16-6-4-5-7-17(16)20-12-21(2,3)18-11-15(13-22)8-9-19(18)24-20/h4-9,11,14,20,24H,10,12H2,1-3H3,(H2,23,25,26). The fourth-order valence-electron chi connectivity index (χ4n) is 3.83. The van der Waals surface area contributed by atoms with E-state index in [0.717, 1.165) is 28.8 Å². The van der Waals surface area contributed by atoms with E-state index in [4.69, 9.17) is 5.14 Å². The van der Waals surface area contributed by atoms with Gasteiger partial charge in [0.1, 0.15) is 0 Å². The van der Waals surface area contributed by atoms with E-state index in [-0.39, 0.29) is 11.5 Å². The number of sulfonamides is 1. The molecule has 1 heterocycles. The molecule has 3 N–H and O–H groups in total. The quantitative estimate of drug-likeness (QED) is 0.843. The molecule has 0 saturated heterocycles. The molecule has 1 aliphatic heterocycles. The molecule has 0 fully saturated rings. The fourth-order valence-corrected chi connectivity index (χ4v) is 4.24. The van der Waals surface area contributed by atoms with Gasteiger partial charge in [0.15, 0.2) is 0 Å². The van der Waals surface area contributed by atoms with E-state index in [1.54, 1.807) is 6.92 Å². The predicted octanol–water partition coefficient (Wildman–Crippen LogP) is 3.61. The maximum Gasteiger partial charge on any atom is 0.212 e. The van der Waals surface area contributed by atoms with Crippen LogP contribution in [0.25, 0.3) is 0 Å². The molecule has 1 aliphatic rings. The molecule has 142 valence electrons. The monoisotopic (exact) mass is 383 g/mol. The highest BCUT2D eigenvalue weighted by molar-refractivity contribution is 7.89. The smallest absolute Gasteiger partial charge is 0.212 e. The van der Waals surface area contributed by atoms with Crippen molar-refractivity contribution in [3.05, 3.63) is 64.7 Å². The van der Waals surface area contributed by atoms with Crippen molar-refractivity contribution < 1.29 is 8.42 Å². The van der Waals surface area contributed by atoms with Crippen molar-refractivity contribution in [1.82, 2.24) is 0 Å². The Morgan fingerprint density at radius 3 is 2.67 bits per heavy atom. The van der Waals surface area contributed by atoms with Crippen molar-refractivity contribution in [3.8, 4) is 6.07 Å². The maximum atomic E-state index is 11.7. The van der Waals surface area contributed by atoms with E-state index in [1.165, 1.54) is 0 Å². The third-order valence-corrected chi connectivity index (χ3v) is 6.71. The molecule has 0 aromatic heterocycles. The highest BCUT2D eigenvalue weighted by Gasteiger charge is 2.34. The Bertz CT molecular complexity index is 1010. The van der Waals surface area contributed by atoms with Gasteiger partial charge in [0.2, 0.25) is 10.0 Å². The lowest BCUT2D eigenvalue weighted by Crippen LogP contribution is -2.32. The van der Waals surface area contributed by atoms with E-state index < -0.39 is 15.3 Å². The third-order valence-electron chi connectivity index (χ3n) is 5.42. The SMILES string of the molecule is CC(Cc1ccccc1C1CC(C)(C)c2cc(C#N)ccc2N1)S(N)(=O)=O. The lowest BCUT2D eigenvalue weighted by molar-refractivity contribution is 0.426. The predicted molar refractivity (Wildman–Crippen MR) is 108 cm³/mol. The van der Waals surface area contributed by atoms with Crippen molar-refractivity contribution in [2.24, 2.45) is 5.14 Å². The van der Waals surface area contributed by atoms with Gasteiger partial charge in [-0.05, 0) is 60.1 Å². The molecule has 2 aromatic rings. The first-order valence-corrected chi connectivity index (χ1v) is 10.6. The lowest BCUT2D eigenvalue weighted by Gasteiger charge is -2.39. The summed E-state index contributed by atoms with van der Waals surface area (Å²) in [6, 6.07) is 15.9. The molecule has 0 amide bonds. The van der Waals surface area contributed by atoms with E-state index >= 15 is 0 Å². The Kier molecular flexibility index (Phi) is 5.02. The minimum atomic E-state index is -3.58. The summed E-state index contributed by atoms with van der Waals surface area (Å²) in [5.74, 6) is 0. The number of fused-ring (bicyclic) bond motifs is 1. The van der Waals surface area contributed by atoms with E-state index in [0.29, 0.717) is 12.0 Å². The number of anilines is 1. The molecule has 0 saturated carbocycles. The maximum absolute atomic E-state index is 11.7. The summed E-state index contributed by atoms with van der Waals surface area (Å²) < 4.78 is 23.4. The molecule has 2 unspecified atom stereocenters. The number of benzene rings is 2. The van der Waals surface area contributed by atoms with Gasteiger partial charge in [-0.3, -0.25) is 0 Å². The normalized spacial score (nSPS) is 19.4. The van der Waals surface area contributed by atoms with Gasteiger partial charge in [-0.1, -0.05) is 38.1 Å². The zero-order chi connectivity index (χ0) is 19.8. The zero-order valence-electron chi connectivity index (χ0n) is 15.9. The number of nitrogens with two attached hydrogens (primary N) is 1. The van der Waals surface area contributed by atoms with Gasteiger partial charge >= 0.3 is 0 Å². The van der Waals surface area contributed by atoms with Crippen LogP contribution in [-0.2, 0) is 21.9 Å². The number of nitrogens with zero attached hydrogens (tertiary/aromatic N) is 1. The summed E-state index contributed by atoms with van der Waals surface area (Å²) in [6.07, 6.45) is 1.23. The second kappa shape index (κ2) is 6.99. The number of hydrogen-bond acceptors (Lipinski definition) is 4. The van der Waals surface area contributed by atoms with Crippen LogP contribution in [0.2, 0.25) is 0 Å². The van der Waals surface area contributed by atoms with Crippen molar-refractivity contribution >= 4 is 15.7 Å². The fraction of sp³-hybridized carbons (Fsp3) is 0.381. The van der Waals surface area contributed by atoms with E-state index in [2.05, 4.69) is 25.2 Å². The average molecular weight is 384 g/mol. The van der Waals surface area contributed by atoms with Gasteiger partial charge in [0, 0.05) is 5.69 Å². The Labute approximate surface area is 161 Å². The number of nitriles is 1. The molecule has 0 aliphatic carbocycles. The molecular formula is C21H25N3O2S. The van der Waals surface area contributed by atoms with Gasteiger partial charge in [-0.15, -0.1) is 0 Å². The molecule has 5 nitrogen and oxygen atoms in total.